The maximum absolute atomic E-state index is 12.3. The minimum Gasteiger partial charge on any atom is -0.348 e. The van der Waals surface area contributed by atoms with Gasteiger partial charge in [0.15, 0.2) is 0 Å². The first-order chi connectivity index (χ1) is 10.2. The van der Waals surface area contributed by atoms with Gasteiger partial charge in [-0.1, -0.05) is 31.2 Å². The predicted molar refractivity (Wildman–Crippen MR) is 83.6 cm³/mol. The summed E-state index contributed by atoms with van der Waals surface area (Å²) in [6.45, 7) is 4.19. The normalized spacial score (nSPS) is 26.6. The van der Waals surface area contributed by atoms with Gasteiger partial charge in [0, 0.05) is 6.04 Å². The van der Waals surface area contributed by atoms with Gasteiger partial charge >= 0.3 is 0 Å². The summed E-state index contributed by atoms with van der Waals surface area (Å²) in [7, 11) is 0. The number of carbonyl (C=O) groups excluding carboxylic acids is 1. The summed E-state index contributed by atoms with van der Waals surface area (Å²) in [4.78, 5) is 12.3. The van der Waals surface area contributed by atoms with Gasteiger partial charge in [0.1, 0.15) is 6.04 Å². The third kappa shape index (κ3) is 3.44. The van der Waals surface area contributed by atoms with Gasteiger partial charge in [0.05, 0.1) is 6.04 Å². The number of nitrogens with one attached hydrogen (secondary N) is 3. The summed E-state index contributed by atoms with van der Waals surface area (Å²) < 4.78 is 0. The molecule has 1 aromatic carbocycles. The number of hydrazine groups is 1. The van der Waals surface area contributed by atoms with Crippen molar-refractivity contribution in [3.8, 4) is 0 Å². The smallest absolute Gasteiger partial charge is 0.239 e. The van der Waals surface area contributed by atoms with Crippen LogP contribution in [0.25, 0.3) is 0 Å². The number of benzene rings is 1. The first kappa shape index (κ1) is 14.5. The van der Waals surface area contributed by atoms with Crippen molar-refractivity contribution in [1.82, 2.24) is 16.2 Å². The van der Waals surface area contributed by atoms with Gasteiger partial charge < -0.3 is 5.32 Å². The number of hydrogen-bond acceptors (Lipinski definition) is 3. The molecule has 0 radical (unpaired) electrons. The lowest BCUT2D eigenvalue weighted by Crippen LogP contribution is -2.44. The van der Waals surface area contributed by atoms with Crippen molar-refractivity contribution in [2.75, 3.05) is 0 Å². The largest absolute Gasteiger partial charge is 0.348 e. The maximum Gasteiger partial charge on any atom is 0.239 e. The second-order valence-corrected chi connectivity index (χ2v) is 6.35. The Balaban J connectivity index is 1.53. The molecule has 0 bridgehead atoms. The molecule has 3 unspecified atom stereocenters. The van der Waals surface area contributed by atoms with Crippen LogP contribution in [-0.2, 0) is 11.2 Å². The molecule has 1 aliphatic carbocycles. The lowest BCUT2D eigenvalue weighted by molar-refractivity contribution is -0.123. The Morgan fingerprint density at radius 2 is 2.00 bits per heavy atom. The molecule has 2 fully saturated rings. The van der Waals surface area contributed by atoms with Crippen molar-refractivity contribution in [2.45, 2.75) is 57.7 Å². The molecule has 1 saturated heterocycles. The molecule has 114 valence electrons. The lowest BCUT2D eigenvalue weighted by atomic mass is 10.0. The van der Waals surface area contributed by atoms with E-state index < -0.39 is 0 Å². The Hall–Kier alpha value is -1.39. The van der Waals surface area contributed by atoms with E-state index in [9.17, 15) is 4.79 Å². The Kier molecular flexibility index (Phi) is 4.27. The second kappa shape index (κ2) is 6.16. The van der Waals surface area contributed by atoms with Crippen LogP contribution in [0.3, 0.4) is 0 Å². The molecule has 1 aliphatic heterocycles. The van der Waals surface area contributed by atoms with Crippen molar-refractivity contribution in [1.29, 1.82) is 0 Å². The molecule has 1 saturated carbocycles. The molecule has 1 amide bonds. The topological polar surface area (TPSA) is 53.2 Å². The van der Waals surface area contributed by atoms with E-state index in [1.54, 1.807) is 0 Å². The summed E-state index contributed by atoms with van der Waals surface area (Å²) >= 11 is 0. The van der Waals surface area contributed by atoms with E-state index in [2.05, 4.69) is 47.4 Å². The fourth-order valence-corrected chi connectivity index (χ4v) is 3.00. The maximum atomic E-state index is 12.3. The van der Waals surface area contributed by atoms with Crippen LogP contribution in [0.5, 0.6) is 0 Å². The van der Waals surface area contributed by atoms with E-state index in [1.165, 1.54) is 18.4 Å². The number of hydrogen-bond donors (Lipinski definition) is 3. The minimum absolute atomic E-state index is 0.0465. The molecule has 3 rings (SSSR count). The lowest BCUT2D eigenvalue weighted by Gasteiger charge is -2.17. The third-order valence-electron chi connectivity index (χ3n) is 4.69. The van der Waals surface area contributed by atoms with Gasteiger partial charge in [0.2, 0.25) is 5.91 Å². The molecule has 0 aromatic heterocycles. The van der Waals surface area contributed by atoms with Crippen molar-refractivity contribution < 1.29 is 4.79 Å². The molecular weight excluding hydrogens is 262 g/mol. The van der Waals surface area contributed by atoms with Crippen LogP contribution in [0.2, 0.25) is 0 Å². The van der Waals surface area contributed by atoms with Gasteiger partial charge in [-0.2, -0.15) is 0 Å². The monoisotopic (exact) mass is 287 g/mol. The number of aryl methyl sites for hydroxylation is 1. The zero-order valence-electron chi connectivity index (χ0n) is 12.9. The molecular formula is C17H25N3O. The predicted octanol–water partition coefficient (Wildman–Crippen LogP) is 2.07. The third-order valence-corrected chi connectivity index (χ3v) is 4.69. The summed E-state index contributed by atoms with van der Waals surface area (Å²) in [5.41, 5.74) is 8.89. The number of amides is 1. The fraction of sp³-hybridized carbons (Fsp3) is 0.588. The molecule has 3 atom stereocenters. The Labute approximate surface area is 126 Å². The van der Waals surface area contributed by atoms with E-state index in [0.29, 0.717) is 6.04 Å². The highest BCUT2D eigenvalue weighted by atomic mass is 16.2. The van der Waals surface area contributed by atoms with E-state index in [0.717, 1.165) is 24.3 Å². The van der Waals surface area contributed by atoms with Crippen LogP contribution < -0.4 is 16.2 Å². The Morgan fingerprint density at radius 1 is 1.29 bits per heavy atom. The highest BCUT2D eigenvalue weighted by molar-refractivity contribution is 5.82. The standard InChI is InChI=1S/C17H25N3O/c1-3-12-4-6-13(7-5-12)11(2)18-17(21)16-10-15(19-20-16)14-8-9-14/h4-7,11,14-16,19-20H,3,8-10H2,1-2H3,(H,18,21). The Morgan fingerprint density at radius 3 is 2.62 bits per heavy atom. The van der Waals surface area contributed by atoms with E-state index in [1.807, 2.05) is 6.92 Å². The first-order valence-corrected chi connectivity index (χ1v) is 8.07. The molecule has 1 heterocycles. The summed E-state index contributed by atoms with van der Waals surface area (Å²) in [6, 6.07) is 8.90. The van der Waals surface area contributed by atoms with Gasteiger partial charge in [0.25, 0.3) is 0 Å². The van der Waals surface area contributed by atoms with E-state index in [-0.39, 0.29) is 18.0 Å². The molecule has 3 N–H and O–H groups in total. The average Bonchev–Trinajstić information content (AvgIpc) is 3.24. The highest BCUT2D eigenvalue weighted by Gasteiger charge is 2.38. The molecule has 0 spiro atoms. The summed E-state index contributed by atoms with van der Waals surface area (Å²) in [5, 5.41) is 3.11. The number of carbonyl (C=O) groups is 1. The van der Waals surface area contributed by atoms with Crippen molar-refractivity contribution >= 4 is 5.91 Å². The van der Waals surface area contributed by atoms with Gasteiger partial charge in [-0.3, -0.25) is 10.2 Å². The van der Waals surface area contributed by atoms with Gasteiger partial charge in [-0.05, 0) is 49.7 Å². The molecule has 1 aromatic rings. The van der Waals surface area contributed by atoms with Crippen molar-refractivity contribution in [3.63, 3.8) is 0 Å². The zero-order chi connectivity index (χ0) is 14.8. The molecule has 4 nitrogen and oxygen atoms in total. The van der Waals surface area contributed by atoms with Crippen LogP contribution >= 0.6 is 0 Å². The first-order valence-electron chi connectivity index (χ1n) is 8.07. The van der Waals surface area contributed by atoms with Crippen molar-refractivity contribution in [2.24, 2.45) is 5.92 Å². The minimum atomic E-state index is -0.104. The zero-order valence-corrected chi connectivity index (χ0v) is 12.9. The summed E-state index contributed by atoms with van der Waals surface area (Å²) in [5.74, 6) is 0.868. The number of rotatable bonds is 5. The molecule has 21 heavy (non-hydrogen) atoms. The van der Waals surface area contributed by atoms with Crippen LogP contribution in [0, 0.1) is 5.92 Å². The van der Waals surface area contributed by atoms with Crippen molar-refractivity contribution in [3.05, 3.63) is 35.4 Å². The van der Waals surface area contributed by atoms with Gasteiger partial charge in [-0.15, -0.1) is 0 Å². The van der Waals surface area contributed by atoms with Crippen LogP contribution in [0.4, 0.5) is 0 Å². The SMILES string of the molecule is CCc1ccc(C(C)NC(=O)C2CC(C3CC3)NN2)cc1. The summed E-state index contributed by atoms with van der Waals surface area (Å²) in [6.07, 6.45) is 4.54. The van der Waals surface area contributed by atoms with Gasteiger partial charge in [-0.25, -0.2) is 5.43 Å². The fourth-order valence-electron chi connectivity index (χ4n) is 3.00. The Bertz CT molecular complexity index is 495. The van der Waals surface area contributed by atoms with Crippen LogP contribution in [0.1, 0.15) is 50.3 Å². The van der Waals surface area contributed by atoms with Crippen LogP contribution in [-0.4, -0.2) is 18.0 Å². The quantitative estimate of drug-likeness (QED) is 0.777. The molecule has 2 aliphatic rings. The highest BCUT2D eigenvalue weighted by Crippen LogP contribution is 2.35. The average molecular weight is 287 g/mol. The second-order valence-electron chi connectivity index (χ2n) is 6.35. The van der Waals surface area contributed by atoms with Crippen LogP contribution in [0.15, 0.2) is 24.3 Å². The van der Waals surface area contributed by atoms with E-state index in [4.69, 9.17) is 0 Å². The molecule has 4 heteroatoms. The van der Waals surface area contributed by atoms with E-state index >= 15 is 0 Å².